The van der Waals surface area contributed by atoms with E-state index in [0.29, 0.717) is 34.5 Å². The summed E-state index contributed by atoms with van der Waals surface area (Å²) in [7, 11) is 0. The Morgan fingerprint density at radius 1 is 1.00 bits per heavy atom. The Bertz CT molecular complexity index is 1560. The second-order valence-electron chi connectivity index (χ2n) is 9.47. The van der Waals surface area contributed by atoms with Gasteiger partial charge in [-0.25, -0.2) is 9.78 Å². The number of benzene rings is 2. The number of ether oxygens (including phenoxy) is 2. The van der Waals surface area contributed by atoms with Crippen molar-refractivity contribution < 1.29 is 23.5 Å². The summed E-state index contributed by atoms with van der Waals surface area (Å²) in [6, 6.07) is 20.3. The van der Waals surface area contributed by atoms with Crippen LogP contribution in [0.4, 0.5) is 4.79 Å². The van der Waals surface area contributed by atoms with Gasteiger partial charge in [0.05, 0.1) is 17.4 Å². The van der Waals surface area contributed by atoms with Gasteiger partial charge in [0.25, 0.3) is 0 Å². The minimum Gasteiger partial charge on any atom is -0.489 e. The molecule has 0 aliphatic heterocycles. The minimum atomic E-state index is -0.601. The second kappa shape index (κ2) is 9.22. The number of hydrogen-bond acceptors (Lipinski definition) is 6. The normalized spacial score (nSPS) is 11.5. The van der Waals surface area contributed by atoms with Crippen LogP contribution in [-0.4, -0.2) is 27.4 Å². The fourth-order valence-corrected chi connectivity index (χ4v) is 3.71. The molecule has 3 aromatic heterocycles. The van der Waals surface area contributed by atoms with E-state index in [4.69, 9.17) is 13.9 Å². The summed E-state index contributed by atoms with van der Waals surface area (Å²) in [5.41, 5.74) is 2.19. The van der Waals surface area contributed by atoms with Crippen LogP contribution >= 0.6 is 0 Å². The first kappa shape index (κ1) is 23.2. The first-order chi connectivity index (χ1) is 17.2. The van der Waals surface area contributed by atoms with Crippen LogP contribution in [0.5, 0.6) is 11.6 Å². The highest BCUT2D eigenvalue weighted by atomic mass is 16.6. The maximum absolute atomic E-state index is 13.1. The molecule has 2 aromatic carbocycles. The molecule has 0 atom stereocenters. The molecule has 0 saturated heterocycles. The van der Waals surface area contributed by atoms with Crippen LogP contribution in [0.25, 0.3) is 21.9 Å². The van der Waals surface area contributed by atoms with Gasteiger partial charge in [-0.15, -0.1) is 0 Å². The van der Waals surface area contributed by atoms with Gasteiger partial charge in [-0.3, -0.25) is 4.79 Å². The van der Waals surface area contributed by atoms with Crippen LogP contribution in [0.15, 0.2) is 77.3 Å². The van der Waals surface area contributed by atoms with Crippen molar-refractivity contribution in [1.82, 2.24) is 15.3 Å². The van der Waals surface area contributed by atoms with E-state index < -0.39 is 11.6 Å². The molecule has 36 heavy (non-hydrogen) atoms. The summed E-state index contributed by atoms with van der Waals surface area (Å²) < 4.78 is 16.9. The van der Waals surface area contributed by atoms with Gasteiger partial charge in [0, 0.05) is 22.4 Å². The number of aromatic amines is 1. The number of nitrogens with zero attached hydrogens (tertiary/aromatic N) is 1. The maximum atomic E-state index is 13.1. The van der Waals surface area contributed by atoms with E-state index in [-0.39, 0.29) is 17.4 Å². The van der Waals surface area contributed by atoms with Gasteiger partial charge in [0.1, 0.15) is 17.9 Å². The molecule has 0 unspecified atom stereocenters. The summed E-state index contributed by atoms with van der Waals surface area (Å²) in [4.78, 5) is 32.4. The van der Waals surface area contributed by atoms with E-state index in [1.54, 1.807) is 24.3 Å². The second-order valence-corrected chi connectivity index (χ2v) is 9.47. The molecule has 2 N–H and O–H groups in total. The number of ketones is 1. The van der Waals surface area contributed by atoms with Crippen LogP contribution in [0.3, 0.4) is 0 Å². The number of carbonyl (C=O) groups is 2. The quantitative estimate of drug-likeness (QED) is 0.287. The smallest absolute Gasteiger partial charge is 0.414 e. The van der Waals surface area contributed by atoms with Gasteiger partial charge in [-0.05, 0) is 56.7 Å². The Morgan fingerprint density at radius 3 is 2.58 bits per heavy atom. The Balaban J connectivity index is 1.32. The standard InChI is InChI=1S/C28H25N3O5/c1-28(2,3)31-27(33)36-25-14-18-12-21(30-22(18)15-29-25)26(32)24-13-19-11-20(9-10-23(19)35-24)34-16-17-7-5-4-6-8-17/h4-15,30H,16H2,1-3H3,(H,31,33). The lowest BCUT2D eigenvalue weighted by Crippen LogP contribution is -2.42. The van der Waals surface area contributed by atoms with E-state index in [9.17, 15) is 9.59 Å². The van der Waals surface area contributed by atoms with Crippen molar-refractivity contribution in [2.75, 3.05) is 0 Å². The van der Waals surface area contributed by atoms with Gasteiger partial charge >= 0.3 is 6.09 Å². The lowest BCUT2D eigenvalue weighted by Gasteiger charge is -2.19. The van der Waals surface area contributed by atoms with E-state index in [0.717, 1.165) is 10.9 Å². The summed E-state index contributed by atoms with van der Waals surface area (Å²) >= 11 is 0. The van der Waals surface area contributed by atoms with Crippen molar-refractivity contribution in [3.05, 3.63) is 89.9 Å². The molecular formula is C28H25N3O5. The lowest BCUT2D eigenvalue weighted by atomic mass is 10.1. The molecule has 5 aromatic rings. The number of furan rings is 1. The first-order valence-electron chi connectivity index (χ1n) is 11.5. The Kier molecular flexibility index (Phi) is 5.93. The zero-order chi connectivity index (χ0) is 25.3. The molecule has 8 heteroatoms. The zero-order valence-corrected chi connectivity index (χ0v) is 20.1. The van der Waals surface area contributed by atoms with Crippen molar-refractivity contribution in [1.29, 1.82) is 0 Å². The third-order valence-electron chi connectivity index (χ3n) is 5.36. The summed E-state index contributed by atoms with van der Waals surface area (Å²) in [5.74, 6) is 0.715. The fraction of sp³-hybridized carbons (Fsp3) is 0.179. The SMILES string of the molecule is CC(C)(C)NC(=O)Oc1cc2cc(C(=O)c3cc4cc(OCc5ccccc5)ccc4o3)[nH]c2cn1. The van der Waals surface area contributed by atoms with Crippen molar-refractivity contribution >= 4 is 33.7 Å². The average molecular weight is 484 g/mol. The van der Waals surface area contributed by atoms with Gasteiger partial charge in [0.15, 0.2) is 5.76 Å². The highest BCUT2D eigenvalue weighted by Crippen LogP contribution is 2.27. The summed E-state index contributed by atoms with van der Waals surface area (Å²) in [5, 5.41) is 4.16. The number of nitrogens with one attached hydrogen (secondary N) is 2. The Morgan fingerprint density at radius 2 is 1.81 bits per heavy atom. The number of rotatable bonds is 6. The molecule has 0 spiro atoms. The molecular weight excluding hydrogens is 458 g/mol. The summed E-state index contributed by atoms with van der Waals surface area (Å²) in [6.45, 7) is 6.01. The van der Waals surface area contributed by atoms with Crippen LogP contribution in [0.1, 0.15) is 42.6 Å². The lowest BCUT2D eigenvalue weighted by molar-refractivity contribution is 0.101. The number of hydrogen-bond donors (Lipinski definition) is 2. The molecule has 0 saturated carbocycles. The summed E-state index contributed by atoms with van der Waals surface area (Å²) in [6.07, 6.45) is 0.913. The number of pyridine rings is 1. The monoisotopic (exact) mass is 483 g/mol. The molecule has 182 valence electrons. The van der Waals surface area contributed by atoms with Crippen LogP contribution < -0.4 is 14.8 Å². The molecule has 0 radical (unpaired) electrons. The first-order valence-corrected chi connectivity index (χ1v) is 11.5. The maximum Gasteiger partial charge on any atom is 0.414 e. The molecule has 5 rings (SSSR count). The van der Waals surface area contributed by atoms with E-state index in [1.807, 2.05) is 63.2 Å². The van der Waals surface area contributed by atoms with Crippen LogP contribution in [0, 0.1) is 0 Å². The molecule has 3 heterocycles. The van der Waals surface area contributed by atoms with Gasteiger partial charge in [-0.2, -0.15) is 0 Å². The van der Waals surface area contributed by atoms with E-state index in [2.05, 4.69) is 15.3 Å². The number of fused-ring (bicyclic) bond motifs is 2. The largest absolute Gasteiger partial charge is 0.489 e. The number of H-pyrrole nitrogens is 1. The van der Waals surface area contributed by atoms with Crippen molar-refractivity contribution in [2.24, 2.45) is 0 Å². The fourth-order valence-electron chi connectivity index (χ4n) is 3.71. The number of aromatic nitrogens is 2. The van der Waals surface area contributed by atoms with Gasteiger partial charge < -0.3 is 24.2 Å². The third-order valence-corrected chi connectivity index (χ3v) is 5.36. The van der Waals surface area contributed by atoms with Crippen LogP contribution in [0.2, 0.25) is 0 Å². The average Bonchev–Trinajstić information content (AvgIpc) is 3.45. The molecule has 0 fully saturated rings. The Labute approximate surface area is 207 Å². The topological polar surface area (TPSA) is 106 Å². The predicted octanol–water partition coefficient (Wildman–Crippen LogP) is 6.01. The highest BCUT2D eigenvalue weighted by molar-refractivity contribution is 6.10. The van der Waals surface area contributed by atoms with Crippen LogP contribution in [-0.2, 0) is 6.61 Å². The highest BCUT2D eigenvalue weighted by Gasteiger charge is 2.19. The zero-order valence-electron chi connectivity index (χ0n) is 20.1. The molecule has 0 aliphatic rings. The third kappa shape index (κ3) is 5.22. The van der Waals surface area contributed by atoms with E-state index in [1.165, 1.54) is 6.20 Å². The molecule has 0 bridgehead atoms. The van der Waals surface area contributed by atoms with Crippen molar-refractivity contribution in [3.63, 3.8) is 0 Å². The number of carbonyl (C=O) groups excluding carboxylic acids is 2. The molecule has 8 nitrogen and oxygen atoms in total. The Hall–Kier alpha value is -4.59. The van der Waals surface area contributed by atoms with Crippen molar-refractivity contribution in [3.8, 4) is 11.6 Å². The predicted molar refractivity (Wildman–Crippen MR) is 135 cm³/mol. The van der Waals surface area contributed by atoms with Gasteiger partial charge in [-0.1, -0.05) is 30.3 Å². The number of amides is 1. The van der Waals surface area contributed by atoms with Crippen molar-refractivity contribution in [2.45, 2.75) is 32.9 Å². The molecule has 1 amide bonds. The van der Waals surface area contributed by atoms with Gasteiger partial charge in [0.2, 0.25) is 11.7 Å². The van der Waals surface area contributed by atoms with E-state index >= 15 is 0 Å². The minimum absolute atomic E-state index is 0.133. The molecule has 0 aliphatic carbocycles.